The molecule has 0 saturated carbocycles. The number of ether oxygens (including phenoxy) is 2. The Labute approximate surface area is 179 Å². The number of benzene rings is 2. The van der Waals surface area contributed by atoms with Crippen molar-refractivity contribution in [2.24, 2.45) is 0 Å². The number of alkyl halides is 3. The van der Waals surface area contributed by atoms with Gasteiger partial charge in [0.1, 0.15) is 18.1 Å². The van der Waals surface area contributed by atoms with Crippen LogP contribution in [0.15, 0.2) is 36.4 Å². The molecule has 0 saturated heterocycles. The summed E-state index contributed by atoms with van der Waals surface area (Å²) >= 11 is 7.45. The summed E-state index contributed by atoms with van der Waals surface area (Å²) in [4.78, 5) is 22.6. The van der Waals surface area contributed by atoms with Crippen LogP contribution in [-0.2, 0) is 22.1 Å². The highest BCUT2D eigenvalue weighted by Crippen LogP contribution is 2.37. The van der Waals surface area contributed by atoms with E-state index in [4.69, 9.17) is 21.1 Å². The lowest BCUT2D eigenvalue weighted by molar-refractivity contribution is -0.385. The van der Waals surface area contributed by atoms with Gasteiger partial charge in [-0.3, -0.25) is 14.9 Å². The van der Waals surface area contributed by atoms with E-state index < -0.39 is 22.6 Å². The Kier molecular flexibility index (Phi) is 8.36. The highest BCUT2D eigenvalue weighted by Gasteiger charge is 2.31. The van der Waals surface area contributed by atoms with Crippen LogP contribution >= 0.6 is 23.4 Å². The van der Waals surface area contributed by atoms with Crippen LogP contribution in [0.3, 0.4) is 0 Å². The third kappa shape index (κ3) is 6.81. The molecule has 0 heterocycles. The summed E-state index contributed by atoms with van der Waals surface area (Å²) in [5.74, 6) is 0.851. The molecule has 2 aromatic rings. The van der Waals surface area contributed by atoms with Crippen LogP contribution in [0.5, 0.6) is 11.5 Å². The van der Waals surface area contributed by atoms with Gasteiger partial charge in [0.15, 0.2) is 0 Å². The van der Waals surface area contributed by atoms with E-state index in [1.807, 2.05) is 6.92 Å². The minimum atomic E-state index is -4.56. The van der Waals surface area contributed by atoms with Gasteiger partial charge in [-0.25, -0.2) is 0 Å². The summed E-state index contributed by atoms with van der Waals surface area (Å²) in [6.07, 6.45) is -4.91. The number of nitro groups is 1. The third-order valence-corrected chi connectivity index (χ3v) is 4.92. The summed E-state index contributed by atoms with van der Waals surface area (Å²) < 4.78 is 48.8. The van der Waals surface area contributed by atoms with E-state index in [0.29, 0.717) is 5.75 Å². The van der Waals surface area contributed by atoms with Crippen molar-refractivity contribution in [3.63, 3.8) is 0 Å². The van der Waals surface area contributed by atoms with Crippen LogP contribution in [0, 0.1) is 10.1 Å². The Morgan fingerprint density at radius 2 is 1.97 bits per heavy atom. The number of thioether (sulfide) groups is 1. The van der Waals surface area contributed by atoms with Crippen molar-refractivity contribution in [1.29, 1.82) is 0 Å². The molecule has 0 aromatic heterocycles. The minimum absolute atomic E-state index is 0.0497. The van der Waals surface area contributed by atoms with Gasteiger partial charge in [0.05, 0.1) is 21.9 Å². The number of hydrogen-bond donors (Lipinski definition) is 0. The molecule has 0 amide bonds. The van der Waals surface area contributed by atoms with E-state index in [1.54, 1.807) is 11.8 Å². The highest BCUT2D eigenvalue weighted by atomic mass is 35.5. The molecule has 6 nitrogen and oxygen atoms in total. The summed E-state index contributed by atoms with van der Waals surface area (Å²) in [5, 5.41) is 11.0. The van der Waals surface area contributed by atoms with Crippen LogP contribution in [0.1, 0.15) is 18.1 Å². The zero-order valence-electron chi connectivity index (χ0n) is 15.7. The first-order valence-corrected chi connectivity index (χ1v) is 10.2. The Hall–Kier alpha value is -2.46. The molecule has 162 valence electrons. The fraction of sp³-hybridized carbons (Fsp3) is 0.316. The molecule has 11 heteroatoms. The Balaban J connectivity index is 2.19. The van der Waals surface area contributed by atoms with Gasteiger partial charge < -0.3 is 9.47 Å². The predicted octanol–water partition coefficient (Wildman–Crippen LogP) is 5.90. The molecule has 0 aliphatic heterocycles. The molecule has 0 aliphatic carbocycles. The molecular weight excluding hydrogens is 447 g/mol. The SMILES string of the molecule is CCSCCOC(=O)Cc1cc(Oc2ccc(C(F)(F)F)cc2Cl)ccc1[N+](=O)[O-]. The second-order valence-electron chi connectivity index (χ2n) is 5.89. The summed E-state index contributed by atoms with van der Waals surface area (Å²) in [6.45, 7) is 2.15. The lowest BCUT2D eigenvalue weighted by Gasteiger charge is -2.12. The zero-order valence-corrected chi connectivity index (χ0v) is 17.3. The Morgan fingerprint density at radius 3 is 2.57 bits per heavy atom. The monoisotopic (exact) mass is 463 g/mol. The normalized spacial score (nSPS) is 11.2. The summed E-state index contributed by atoms with van der Waals surface area (Å²) in [7, 11) is 0. The van der Waals surface area contributed by atoms with Crippen molar-refractivity contribution >= 4 is 35.0 Å². The van der Waals surface area contributed by atoms with Gasteiger partial charge >= 0.3 is 12.1 Å². The molecule has 0 bridgehead atoms. The number of halogens is 4. The average Bonchev–Trinajstić information content (AvgIpc) is 2.66. The number of nitro benzene ring substituents is 1. The zero-order chi connectivity index (χ0) is 22.3. The summed E-state index contributed by atoms with van der Waals surface area (Å²) in [5.41, 5.74) is -1.19. The first-order chi connectivity index (χ1) is 14.1. The number of hydrogen-bond acceptors (Lipinski definition) is 6. The number of carbonyl (C=O) groups is 1. The van der Waals surface area contributed by atoms with Crippen molar-refractivity contribution in [2.75, 3.05) is 18.1 Å². The van der Waals surface area contributed by atoms with Gasteiger partial charge in [-0.15, -0.1) is 0 Å². The lowest BCUT2D eigenvalue weighted by atomic mass is 10.1. The largest absolute Gasteiger partial charge is 0.465 e. The van der Waals surface area contributed by atoms with Crippen LogP contribution in [0.4, 0.5) is 18.9 Å². The maximum Gasteiger partial charge on any atom is 0.416 e. The second-order valence-corrected chi connectivity index (χ2v) is 7.69. The number of nitrogens with zero attached hydrogens (tertiary/aromatic N) is 1. The van der Waals surface area contributed by atoms with Crippen molar-refractivity contribution in [2.45, 2.75) is 19.5 Å². The molecular formula is C19H17ClF3NO5S. The molecule has 30 heavy (non-hydrogen) atoms. The van der Waals surface area contributed by atoms with E-state index in [2.05, 4.69) is 0 Å². The Morgan fingerprint density at radius 1 is 1.23 bits per heavy atom. The van der Waals surface area contributed by atoms with E-state index in [1.165, 1.54) is 12.1 Å². The predicted molar refractivity (Wildman–Crippen MR) is 107 cm³/mol. The van der Waals surface area contributed by atoms with Crippen LogP contribution in [0.2, 0.25) is 5.02 Å². The quantitative estimate of drug-likeness (QED) is 0.199. The second kappa shape index (κ2) is 10.5. The fourth-order valence-corrected chi connectivity index (χ4v) is 3.11. The standard InChI is InChI=1S/C19H17ClF3NO5S/c1-2-30-8-7-28-18(25)10-12-9-14(4-5-16(12)24(26)27)29-17-6-3-13(11-15(17)20)19(21,22)23/h3-6,9,11H,2,7-8,10H2,1H3. The van der Waals surface area contributed by atoms with Crippen LogP contribution in [-0.4, -0.2) is 29.0 Å². The van der Waals surface area contributed by atoms with Gasteiger partial charge in [-0.1, -0.05) is 18.5 Å². The van der Waals surface area contributed by atoms with Crippen molar-refractivity contribution in [3.05, 3.63) is 62.7 Å². The fourth-order valence-electron chi connectivity index (χ4n) is 2.40. The van der Waals surface area contributed by atoms with Gasteiger partial charge in [0, 0.05) is 17.4 Å². The average molecular weight is 464 g/mol. The van der Waals surface area contributed by atoms with Crippen LogP contribution in [0.25, 0.3) is 0 Å². The maximum atomic E-state index is 12.7. The molecule has 0 N–H and O–H groups in total. The van der Waals surface area contributed by atoms with E-state index in [9.17, 15) is 28.1 Å². The van der Waals surface area contributed by atoms with Gasteiger partial charge in [-0.2, -0.15) is 24.9 Å². The summed E-state index contributed by atoms with van der Waals surface area (Å²) in [6, 6.07) is 6.23. The molecule has 0 unspecified atom stereocenters. The van der Waals surface area contributed by atoms with E-state index in [-0.39, 0.29) is 40.8 Å². The van der Waals surface area contributed by atoms with Gasteiger partial charge in [-0.05, 0) is 36.1 Å². The molecule has 0 aliphatic rings. The first kappa shape index (κ1) is 23.8. The van der Waals surface area contributed by atoms with E-state index >= 15 is 0 Å². The molecule has 0 spiro atoms. The number of carbonyl (C=O) groups excluding carboxylic acids is 1. The Bertz CT molecular complexity index is 924. The number of rotatable bonds is 9. The molecule has 2 aromatic carbocycles. The molecule has 0 radical (unpaired) electrons. The third-order valence-electron chi connectivity index (χ3n) is 3.76. The van der Waals surface area contributed by atoms with E-state index in [0.717, 1.165) is 30.0 Å². The highest BCUT2D eigenvalue weighted by molar-refractivity contribution is 7.99. The van der Waals surface area contributed by atoms with Crippen LogP contribution < -0.4 is 4.74 Å². The number of esters is 1. The van der Waals surface area contributed by atoms with Crippen molar-refractivity contribution in [1.82, 2.24) is 0 Å². The maximum absolute atomic E-state index is 12.7. The smallest absolute Gasteiger partial charge is 0.416 e. The van der Waals surface area contributed by atoms with Gasteiger partial charge in [0.25, 0.3) is 5.69 Å². The minimum Gasteiger partial charge on any atom is -0.465 e. The molecule has 0 fully saturated rings. The first-order valence-electron chi connectivity index (χ1n) is 8.67. The van der Waals surface area contributed by atoms with Crippen molar-refractivity contribution < 1.29 is 32.4 Å². The van der Waals surface area contributed by atoms with Crippen molar-refractivity contribution in [3.8, 4) is 11.5 Å². The lowest BCUT2D eigenvalue weighted by Crippen LogP contribution is -2.11. The molecule has 2 rings (SSSR count). The topological polar surface area (TPSA) is 78.7 Å². The molecule has 0 atom stereocenters. The van der Waals surface area contributed by atoms with Gasteiger partial charge in [0.2, 0.25) is 0 Å².